The van der Waals surface area contributed by atoms with Crippen molar-refractivity contribution in [2.75, 3.05) is 0 Å². The molecule has 2 N–H and O–H groups in total. The first-order valence-corrected chi connectivity index (χ1v) is 8.44. The summed E-state index contributed by atoms with van der Waals surface area (Å²) in [5, 5.41) is 0. The number of carbonyl (C=O) groups excluding carboxylic acids is 1. The number of hydrogen-bond donors (Lipinski definition) is 2. The molecule has 0 unspecified atom stereocenters. The van der Waals surface area contributed by atoms with Crippen LogP contribution >= 0.6 is 0 Å². The highest BCUT2D eigenvalue weighted by Gasteiger charge is 2.29. The molecule has 0 amide bonds. The van der Waals surface area contributed by atoms with Crippen LogP contribution in [0.15, 0.2) is 64.2 Å². The highest BCUT2D eigenvalue weighted by molar-refractivity contribution is 5.72. The molecule has 0 fully saturated rings. The molecular weight excluding hydrogens is 348 g/mol. The molecule has 0 spiro atoms. The second-order valence-corrected chi connectivity index (χ2v) is 6.21. The summed E-state index contributed by atoms with van der Waals surface area (Å²) in [5.41, 5.74) is 0.887. The molecule has 136 valence electrons. The Bertz CT molecular complexity index is 1040. The molecule has 1 aromatic heterocycles. The topological polar surface area (TPSA) is 101 Å². The molecule has 27 heavy (non-hydrogen) atoms. The molecular formula is C20H16N2O5. The van der Waals surface area contributed by atoms with E-state index >= 15 is 0 Å². The highest BCUT2D eigenvalue weighted by Crippen LogP contribution is 2.45. The van der Waals surface area contributed by atoms with Crippen molar-refractivity contribution in [2.24, 2.45) is 0 Å². The molecule has 0 saturated heterocycles. The zero-order chi connectivity index (χ0) is 18.8. The van der Waals surface area contributed by atoms with Crippen molar-refractivity contribution in [3.8, 4) is 11.5 Å². The molecule has 0 bridgehead atoms. The number of aromatic amines is 2. The SMILES string of the molecule is O=C(CC1c2ccccc2Oc2ccccc21)OCc1cc(=O)[nH]c(=O)[nH]1. The molecule has 2 heterocycles. The van der Waals surface area contributed by atoms with E-state index < -0.39 is 17.2 Å². The van der Waals surface area contributed by atoms with Gasteiger partial charge in [0.15, 0.2) is 0 Å². The van der Waals surface area contributed by atoms with Crippen molar-refractivity contribution in [2.45, 2.75) is 18.9 Å². The van der Waals surface area contributed by atoms with Crippen molar-refractivity contribution in [3.05, 3.63) is 92.3 Å². The number of benzene rings is 2. The van der Waals surface area contributed by atoms with Crippen molar-refractivity contribution in [3.63, 3.8) is 0 Å². The van der Waals surface area contributed by atoms with Crippen LogP contribution in [-0.4, -0.2) is 15.9 Å². The zero-order valence-corrected chi connectivity index (χ0v) is 14.2. The van der Waals surface area contributed by atoms with Crippen LogP contribution in [0, 0.1) is 0 Å². The minimum atomic E-state index is -0.638. The van der Waals surface area contributed by atoms with Gasteiger partial charge in [0.2, 0.25) is 0 Å². The summed E-state index contributed by atoms with van der Waals surface area (Å²) in [4.78, 5) is 39.5. The minimum Gasteiger partial charge on any atom is -0.459 e. The van der Waals surface area contributed by atoms with E-state index in [1.54, 1.807) is 0 Å². The second-order valence-electron chi connectivity index (χ2n) is 6.21. The molecule has 1 aliphatic rings. The lowest BCUT2D eigenvalue weighted by Crippen LogP contribution is -2.24. The van der Waals surface area contributed by atoms with Gasteiger partial charge in [0.25, 0.3) is 5.56 Å². The van der Waals surface area contributed by atoms with Crippen molar-refractivity contribution in [1.29, 1.82) is 0 Å². The van der Waals surface area contributed by atoms with Gasteiger partial charge in [-0.25, -0.2) is 4.79 Å². The summed E-state index contributed by atoms with van der Waals surface area (Å²) < 4.78 is 11.2. The number of carbonyl (C=O) groups is 1. The third kappa shape index (κ3) is 3.52. The maximum absolute atomic E-state index is 12.4. The third-order valence-electron chi connectivity index (χ3n) is 4.38. The van der Waals surface area contributed by atoms with Crippen LogP contribution in [0.3, 0.4) is 0 Å². The molecule has 3 aromatic rings. The fourth-order valence-corrected chi connectivity index (χ4v) is 3.21. The van der Waals surface area contributed by atoms with Gasteiger partial charge in [-0.05, 0) is 12.1 Å². The molecule has 7 heteroatoms. The Kier molecular flexibility index (Phi) is 4.33. The Hall–Kier alpha value is -3.61. The lowest BCUT2D eigenvalue weighted by molar-refractivity contribution is -0.145. The van der Waals surface area contributed by atoms with Gasteiger partial charge < -0.3 is 14.5 Å². The maximum Gasteiger partial charge on any atom is 0.326 e. The Morgan fingerprint density at radius 3 is 2.22 bits per heavy atom. The average Bonchev–Trinajstić information content (AvgIpc) is 2.65. The molecule has 0 saturated carbocycles. The van der Waals surface area contributed by atoms with Crippen molar-refractivity contribution >= 4 is 5.97 Å². The largest absolute Gasteiger partial charge is 0.459 e. The van der Waals surface area contributed by atoms with Crippen LogP contribution in [0.5, 0.6) is 11.5 Å². The maximum atomic E-state index is 12.4. The van der Waals surface area contributed by atoms with E-state index in [0.717, 1.165) is 11.1 Å². The van der Waals surface area contributed by atoms with Gasteiger partial charge in [-0.2, -0.15) is 0 Å². The van der Waals surface area contributed by atoms with Crippen LogP contribution in [0.1, 0.15) is 29.2 Å². The lowest BCUT2D eigenvalue weighted by Gasteiger charge is -2.27. The van der Waals surface area contributed by atoms with Gasteiger partial charge >= 0.3 is 11.7 Å². The number of ether oxygens (including phenoxy) is 2. The molecule has 4 rings (SSSR count). The number of aromatic nitrogens is 2. The third-order valence-corrected chi connectivity index (χ3v) is 4.38. The molecule has 1 aliphatic heterocycles. The van der Waals surface area contributed by atoms with Crippen LogP contribution in [0.25, 0.3) is 0 Å². The molecule has 2 aromatic carbocycles. The van der Waals surface area contributed by atoms with Crippen molar-refractivity contribution < 1.29 is 14.3 Å². The summed E-state index contributed by atoms with van der Waals surface area (Å²) in [5.74, 6) is 0.797. The van der Waals surface area contributed by atoms with Crippen LogP contribution in [0.2, 0.25) is 0 Å². The average molecular weight is 364 g/mol. The Balaban J connectivity index is 1.54. The summed E-state index contributed by atoms with van der Waals surface area (Å²) in [6.07, 6.45) is 0.116. The van der Waals surface area contributed by atoms with Gasteiger partial charge in [0, 0.05) is 23.1 Å². The van der Waals surface area contributed by atoms with Gasteiger partial charge in [0.1, 0.15) is 18.1 Å². The molecule has 0 aliphatic carbocycles. The second kappa shape index (κ2) is 6.95. The summed E-state index contributed by atoms with van der Waals surface area (Å²) in [6.45, 7) is -0.176. The number of esters is 1. The van der Waals surface area contributed by atoms with Crippen LogP contribution in [-0.2, 0) is 16.1 Å². The highest BCUT2D eigenvalue weighted by atomic mass is 16.5. The van der Waals surface area contributed by atoms with Gasteiger partial charge in [-0.3, -0.25) is 14.6 Å². The van der Waals surface area contributed by atoms with Gasteiger partial charge in [0.05, 0.1) is 12.1 Å². The number of nitrogens with one attached hydrogen (secondary N) is 2. The van der Waals surface area contributed by atoms with Gasteiger partial charge in [-0.15, -0.1) is 0 Å². The standard InChI is InChI=1S/C20H16N2O5/c23-18-9-12(21-20(25)22-18)11-26-19(24)10-15-13-5-1-3-7-16(13)27-17-8-4-2-6-14(15)17/h1-9,15H,10-11H2,(H2,21,22,23,25). The van der Waals surface area contributed by atoms with Crippen molar-refractivity contribution in [1.82, 2.24) is 9.97 Å². The lowest BCUT2D eigenvalue weighted by atomic mass is 9.85. The van der Waals surface area contributed by atoms with Gasteiger partial charge in [-0.1, -0.05) is 36.4 Å². The van der Waals surface area contributed by atoms with E-state index in [2.05, 4.69) is 9.97 Å². The Morgan fingerprint density at radius 1 is 0.963 bits per heavy atom. The van der Waals surface area contributed by atoms with Crippen LogP contribution < -0.4 is 16.0 Å². The van der Waals surface area contributed by atoms with E-state index in [0.29, 0.717) is 11.5 Å². The predicted octanol–water partition coefficient (Wildman–Crippen LogP) is 2.43. The number of para-hydroxylation sites is 2. The van der Waals surface area contributed by atoms with E-state index in [1.807, 2.05) is 48.5 Å². The number of fused-ring (bicyclic) bond motifs is 2. The minimum absolute atomic E-state index is 0.116. The monoisotopic (exact) mass is 364 g/mol. The first-order valence-electron chi connectivity index (χ1n) is 8.44. The van der Waals surface area contributed by atoms with Crippen LogP contribution in [0.4, 0.5) is 0 Å². The normalized spacial score (nSPS) is 12.6. The molecule has 7 nitrogen and oxygen atoms in total. The van der Waals surface area contributed by atoms with E-state index in [9.17, 15) is 14.4 Å². The number of H-pyrrole nitrogens is 2. The first kappa shape index (κ1) is 16.8. The predicted molar refractivity (Wildman–Crippen MR) is 96.9 cm³/mol. The molecule has 0 atom stereocenters. The number of hydrogen-bond acceptors (Lipinski definition) is 5. The first-order chi connectivity index (χ1) is 13.1. The van der Waals surface area contributed by atoms with E-state index in [1.165, 1.54) is 6.07 Å². The fraction of sp³-hybridized carbons (Fsp3) is 0.150. The quantitative estimate of drug-likeness (QED) is 0.693. The summed E-state index contributed by atoms with van der Waals surface area (Å²) >= 11 is 0. The zero-order valence-electron chi connectivity index (χ0n) is 14.2. The summed E-state index contributed by atoms with van der Waals surface area (Å²) in [6, 6.07) is 16.3. The summed E-state index contributed by atoms with van der Waals surface area (Å²) in [7, 11) is 0. The van der Waals surface area contributed by atoms with E-state index in [-0.39, 0.29) is 24.6 Å². The Morgan fingerprint density at radius 2 is 1.59 bits per heavy atom. The van der Waals surface area contributed by atoms with E-state index in [4.69, 9.17) is 9.47 Å². The fourth-order valence-electron chi connectivity index (χ4n) is 3.21. The Labute approximate surface area is 153 Å². The smallest absolute Gasteiger partial charge is 0.326 e. The number of rotatable bonds is 4. The molecule has 0 radical (unpaired) electrons.